The summed E-state index contributed by atoms with van der Waals surface area (Å²) < 4.78 is 6.41. The summed E-state index contributed by atoms with van der Waals surface area (Å²) >= 11 is 0. The van der Waals surface area contributed by atoms with Crippen LogP contribution in [0.15, 0.2) is 18.3 Å². The first-order valence-electron chi connectivity index (χ1n) is 5.85. The number of hydrogen-bond acceptors (Lipinski definition) is 5. The topological polar surface area (TPSA) is 83.0 Å². The van der Waals surface area contributed by atoms with Crippen LogP contribution in [0, 0.1) is 13.8 Å². The standard InChI is InChI=1S/C13H16N4O2/c1-8-4-5-10(6-15-8)7-17-9(2)16-11(12(17)14)13(18)19-3/h4-6H,7,14H2,1-3H3. The molecule has 0 aliphatic carbocycles. The van der Waals surface area contributed by atoms with E-state index in [1.807, 2.05) is 19.1 Å². The molecule has 0 radical (unpaired) electrons. The number of aromatic nitrogens is 3. The van der Waals surface area contributed by atoms with Crippen molar-refractivity contribution in [1.29, 1.82) is 0 Å². The average Bonchev–Trinajstić information content (AvgIpc) is 2.68. The highest BCUT2D eigenvalue weighted by molar-refractivity contribution is 5.92. The monoisotopic (exact) mass is 260 g/mol. The molecule has 2 rings (SSSR count). The lowest BCUT2D eigenvalue weighted by molar-refractivity contribution is 0.0595. The summed E-state index contributed by atoms with van der Waals surface area (Å²) in [6.45, 7) is 4.25. The van der Waals surface area contributed by atoms with Crippen molar-refractivity contribution in [3.05, 3.63) is 41.1 Å². The Kier molecular flexibility index (Phi) is 3.50. The van der Waals surface area contributed by atoms with Gasteiger partial charge in [0.05, 0.1) is 13.7 Å². The Morgan fingerprint density at radius 2 is 2.16 bits per heavy atom. The molecule has 6 heteroatoms. The van der Waals surface area contributed by atoms with E-state index in [1.165, 1.54) is 7.11 Å². The van der Waals surface area contributed by atoms with E-state index >= 15 is 0 Å². The quantitative estimate of drug-likeness (QED) is 0.841. The summed E-state index contributed by atoms with van der Waals surface area (Å²) in [7, 11) is 1.31. The summed E-state index contributed by atoms with van der Waals surface area (Å²) in [5.74, 6) is 0.449. The number of esters is 1. The molecule has 0 saturated heterocycles. The Morgan fingerprint density at radius 1 is 1.42 bits per heavy atom. The number of imidazole rings is 1. The van der Waals surface area contributed by atoms with Crippen LogP contribution in [0.2, 0.25) is 0 Å². The van der Waals surface area contributed by atoms with Crippen LogP contribution in [0.3, 0.4) is 0 Å². The zero-order chi connectivity index (χ0) is 14.0. The third-order valence-electron chi connectivity index (χ3n) is 2.89. The van der Waals surface area contributed by atoms with Gasteiger partial charge in [0.15, 0.2) is 5.69 Å². The molecule has 0 amide bonds. The highest BCUT2D eigenvalue weighted by atomic mass is 16.5. The molecule has 0 aliphatic heterocycles. The SMILES string of the molecule is COC(=O)c1nc(C)n(Cc2ccc(C)nc2)c1N. The Balaban J connectivity index is 2.33. The van der Waals surface area contributed by atoms with Gasteiger partial charge in [0.2, 0.25) is 0 Å². The molecule has 6 nitrogen and oxygen atoms in total. The molecule has 0 aliphatic rings. The van der Waals surface area contributed by atoms with Crippen molar-refractivity contribution in [3.8, 4) is 0 Å². The zero-order valence-corrected chi connectivity index (χ0v) is 11.2. The van der Waals surface area contributed by atoms with Gasteiger partial charge in [0.25, 0.3) is 0 Å². The van der Waals surface area contributed by atoms with Crippen LogP contribution >= 0.6 is 0 Å². The Hall–Kier alpha value is -2.37. The normalized spacial score (nSPS) is 10.5. The maximum atomic E-state index is 11.5. The average molecular weight is 260 g/mol. The fourth-order valence-electron chi connectivity index (χ4n) is 1.80. The molecular formula is C13H16N4O2. The maximum Gasteiger partial charge on any atom is 0.360 e. The number of hydrogen-bond donors (Lipinski definition) is 1. The van der Waals surface area contributed by atoms with Crippen molar-refractivity contribution in [1.82, 2.24) is 14.5 Å². The number of carbonyl (C=O) groups is 1. The van der Waals surface area contributed by atoms with Crippen molar-refractivity contribution < 1.29 is 9.53 Å². The van der Waals surface area contributed by atoms with E-state index in [0.29, 0.717) is 18.2 Å². The van der Waals surface area contributed by atoms with Crippen molar-refractivity contribution in [2.45, 2.75) is 20.4 Å². The minimum absolute atomic E-state index is 0.153. The van der Waals surface area contributed by atoms with Crippen molar-refractivity contribution in [2.75, 3.05) is 12.8 Å². The Bertz CT molecular complexity index is 602. The van der Waals surface area contributed by atoms with E-state index in [9.17, 15) is 4.79 Å². The predicted octanol–water partition coefficient (Wildman–Crippen LogP) is 1.31. The Morgan fingerprint density at radius 3 is 2.74 bits per heavy atom. The number of nitrogen functional groups attached to an aromatic ring is 1. The van der Waals surface area contributed by atoms with Crippen LogP contribution in [0.1, 0.15) is 27.6 Å². The molecule has 0 unspecified atom stereocenters. The predicted molar refractivity (Wildman–Crippen MR) is 70.8 cm³/mol. The summed E-state index contributed by atoms with van der Waals surface area (Å²) in [4.78, 5) is 19.9. The lowest BCUT2D eigenvalue weighted by Crippen LogP contribution is -2.09. The van der Waals surface area contributed by atoms with Gasteiger partial charge in [0, 0.05) is 11.9 Å². The summed E-state index contributed by atoms with van der Waals surface area (Å²) in [6.07, 6.45) is 1.78. The van der Waals surface area contributed by atoms with E-state index in [2.05, 4.69) is 14.7 Å². The number of nitrogens with zero attached hydrogens (tertiary/aromatic N) is 3. The molecule has 2 N–H and O–H groups in total. The van der Waals surface area contributed by atoms with Crippen LogP contribution in [0.5, 0.6) is 0 Å². The number of pyridine rings is 1. The van der Waals surface area contributed by atoms with Gasteiger partial charge in [-0.2, -0.15) is 0 Å². The third kappa shape index (κ3) is 2.57. The van der Waals surface area contributed by atoms with E-state index in [0.717, 1.165) is 11.3 Å². The van der Waals surface area contributed by atoms with E-state index in [1.54, 1.807) is 17.7 Å². The van der Waals surface area contributed by atoms with Gasteiger partial charge in [-0.15, -0.1) is 0 Å². The molecule has 0 saturated carbocycles. The minimum atomic E-state index is -0.526. The van der Waals surface area contributed by atoms with Crippen LogP contribution in [0.25, 0.3) is 0 Å². The largest absolute Gasteiger partial charge is 0.464 e. The second-order valence-corrected chi connectivity index (χ2v) is 4.28. The molecule has 0 atom stereocenters. The van der Waals surface area contributed by atoms with Crippen LogP contribution in [-0.2, 0) is 11.3 Å². The van der Waals surface area contributed by atoms with Gasteiger partial charge in [0.1, 0.15) is 11.6 Å². The van der Waals surface area contributed by atoms with Crippen molar-refractivity contribution in [3.63, 3.8) is 0 Å². The third-order valence-corrected chi connectivity index (χ3v) is 2.89. The fourth-order valence-corrected chi connectivity index (χ4v) is 1.80. The smallest absolute Gasteiger partial charge is 0.360 e. The van der Waals surface area contributed by atoms with E-state index in [-0.39, 0.29) is 5.69 Å². The number of carbonyl (C=O) groups excluding carboxylic acids is 1. The molecule has 100 valence electrons. The van der Waals surface area contributed by atoms with Crippen LogP contribution in [0.4, 0.5) is 5.82 Å². The molecular weight excluding hydrogens is 244 g/mol. The summed E-state index contributed by atoms with van der Waals surface area (Å²) in [5, 5.41) is 0. The first-order chi connectivity index (χ1) is 9.02. The van der Waals surface area contributed by atoms with Crippen LogP contribution in [-0.4, -0.2) is 27.6 Å². The van der Waals surface area contributed by atoms with Gasteiger partial charge in [-0.3, -0.25) is 4.98 Å². The molecule has 0 aromatic carbocycles. The summed E-state index contributed by atoms with van der Waals surface area (Å²) in [5.41, 5.74) is 8.04. The van der Waals surface area contributed by atoms with Gasteiger partial charge >= 0.3 is 5.97 Å². The summed E-state index contributed by atoms with van der Waals surface area (Å²) in [6, 6.07) is 3.90. The number of methoxy groups -OCH3 is 1. The maximum absolute atomic E-state index is 11.5. The zero-order valence-electron chi connectivity index (χ0n) is 11.2. The molecule has 0 bridgehead atoms. The highest BCUT2D eigenvalue weighted by Crippen LogP contribution is 2.17. The first kappa shape index (κ1) is 13.1. The van der Waals surface area contributed by atoms with Gasteiger partial charge in [-0.25, -0.2) is 9.78 Å². The number of ether oxygens (including phenoxy) is 1. The lowest BCUT2D eigenvalue weighted by Gasteiger charge is -2.07. The fraction of sp³-hybridized carbons (Fsp3) is 0.308. The number of rotatable bonds is 3. The van der Waals surface area contributed by atoms with Crippen molar-refractivity contribution in [2.24, 2.45) is 0 Å². The van der Waals surface area contributed by atoms with Gasteiger partial charge < -0.3 is 15.0 Å². The van der Waals surface area contributed by atoms with E-state index < -0.39 is 5.97 Å². The van der Waals surface area contributed by atoms with Crippen molar-refractivity contribution >= 4 is 11.8 Å². The molecule has 0 fully saturated rings. The minimum Gasteiger partial charge on any atom is -0.464 e. The van der Waals surface area contributed by atoms with Crippen LogP contribution < -0.4 is 5.73 Å². The molecule has 2 heterocycles. The number of aryl methyl sites for hydroxylation is 2. The lowest BCUT2D eigenvalue weighted by atomic mass is 10.2. The van der Waals surface area contributed by atoms with Gasteiger partial charge in [-0.05, 0) is 25.5 Å². The second-order valence-electron chi connectivity index (χ2n) is 4.28. The Labute approximate surface area is 111 Å². The molecule has 0 spiro atoms. The van der Waals surface area contributed by atoms with E-state index in [4.69, 9.17) is 5.73 Å². The number of nitrogens with two attached hydrogens (primary N) is 1. The van der Waals surface area contributed by atoms with Gasteiger partial charge in [-0.1, -0.05) is 6.07 Å². The molecule has 19 heavy (non-hydrogen) atoms. The molecule has 2 aromatic rings. The molecule has 2 aromatic heterocycles. The highest BCUT2D eigenvalue weighted by Gasteiger charge is 2.19. The number of anilines is 1. The first-order valence-corrected chi connectivity index (χ1v) is 5.85. The second kappa shape index (κ2) is 5.09.